The minimum Gasteiger partial charge on any atom is -0.316 e. The maximum atomic E-state index is 11.8. The van der Waals surface area contributed by atoms with Crippen LogP contribution >= 0.6 is 12.4 Å². The van der Waals surface area contributed by atoms with Crippen molar-refractivity contribution in [1.82, 2.24) is 19.8 Å². The highest BCUT2D eigenvalue weighted by atomic mass is 35.5. The van der Waals surface area contributed by atoms with Crippen LogP contribution in [-0.4, -0.2) is 37.8 Å². The first-order chi connectivity index (χ1) is 7.49. The number of likely N-dealkylation sites (N-methyl/N-ethyl adjacent to an activating group) is 1. The van der Waals surface area contributed by atoms with E-state index in [2.05, 4.69) is 15.1 Å². The quantitative estimate of drug-likeness (QED) is 0.723. The van der Waals surface area contributed by atoms with Crippen molar-refractivity contribution in [3.63, 3.8) is 0 Å². The van der Waals surface area contributed by atoms with Crippen LogP contribution in [0.25, 0.3) is 0 Å². The molecule has 0 atom stereocenters. The smallest absolute Gasteiger partial charge is 0.244 e. The van der Waals surface area contributed by atoms with E-state index in [0.29, 0.717) is 18.8 Å². The van der Waals surface area contributed by atoms with Crippen LogP contribution in [-0.2, 0) is 17.1 Å². The molecule has 0 aliphatic heterocycles. The average molecular weight is 283 g/mol. The summed E-state index contributed by atoms with van der Waals surface area (Å²) in [4.78, 5) is 0.242. The highest BCUT2D eigenvalue weighted by molar-refractivity contribution is 7.89. The molecule has 2 N–H and O–H groups in total. The van der Waals surface area contributed by atoms with Crippen LogP contribution in [0.15, 0.2) is 11.1 Å². The zero-order valence-corrected chi connectivity index (χ0v) is 11.9. The van der Waals surface area contributed by atoms with Gasteiger partial charge in [0.25, 0.3) is 0 Å². The minimum absolute atomic E-state index is 0. The van der Waals surface area contributed by atoms with Gasteiger partial charge in [-0.05, 0) is 13.5 Å². The van der Waals surface area contributed by atoms with Crippen LogP contribution in [0.5, 0.6) is 0 Å². The second-order valence-corrected chi connectivity index (χ2v) is 5.20. The molecule has 100 valence electrons. The predicted molar refractivity (Wildman–Crippen MR) is 68.9 cm³/mol. The average Bonchev–Trinajstić information content (AvgIpc) is 2.55. The van der Waals surface area contributed by atoms with Gasteiger partial charge in [0.2, 0.25) is 10.0 Å². The fourth-order valence-electron chi connectivity index (χ4n) is 1.27. The number of rotatable bonds is 6. The number of nitrogens with zero attached hydrogens (tertiary/aromatic N) is 2. The number of nitrogens with one attached hydrogen (secondary N) is 2. The normalized spacial score (nSPS) is 11.2. The molecule has 6 nitrogen and oxygen atoms in total. The number of aryl methyl sites for hydroxylation is 1. The lowest BCUT2D eigenvalue weighted by Crippen LogP contribution is -2.32. The van der Waals surface area contributed by atoms with Gasteiger partial charge in [0, 0.05) is 20.1 Å². The van der Waals surface area contributed by atoms with Gasteiger partial charge >= 0.3 is 0 Å². The third kappa shape index (κ3) is 4.27. The van der Waals surface area contributed by atoms with Crippen LogP contribution in [0.1, 0.15) is 12.6 Å². The Morgan fingerprint density at radius 3 is 2.53 bits per heavy atom. The molecule has 0 spiro atoms. The van der Waals surface area contributed by atoms with Gasteiger partial charge in [-0.2, -0.15) is 5.10 Å². The van der Waals surface area contributed by atoms with Gasteiger partial charge in [0.1, 0.15) is 4.90 Å². The molecule has 17 heavy (non-hydrogen) atoms. The lowest BCUT2D eigenvalue weighted by atomic mass is 10.5. The van der Waals surface area contributed by atoms with E-state index < -0.39 is 10.0 Å². The lowest BCUT2D eigenvalue weighted by molar-refractivity contribution is 0.576. The molecule has 0 amide bonds. The third-order valence-electron chi connectivity index (χ3n) is 2.32. The summed E-state index contributed by atoms with van der Waals surface area (Å²) >= 11 is 0. The molecule has 0 aliphatic rings. The van der Waals surface area contributed by atoms with Crippen molar-refractivity contribution in [2.75, 3.05) is 19.6 Å². The highest BCUT2D eigenvalue weighted by Crippen LogP contribution is 2.12. The van der Waals surface area contributed by atoms with Crippen LogP contribution in [0.4, 0.5) is 0 Å². The zero-order chi connectivity index (χ0) is 12.2. The van der Waals surface area contributed by atoms with E-state index in [0.717, 1.165) is 6.54 Å². The number of hydrogen-bond acceptors (Lipinski definition) is 4. The molecule has 0 aliphatic carbocycles. The topological polar surface area (TPSA) is 76.0 Å². The summed E-state index contributed by atoms with van der Waals surface area (Å²) in [5, 5.41) is 6.95. The minimum atomic E-state index is -3.42. The van der Waals surface area contributed by atoms with Crippen molar-refractivity contribution in [3.05, 3.63) is 11.9 Å². The number of halogens is 1. The molecule has 0 radical (unpaired) electrons. The molecule has 1 rings (SSSR count). The second kappa shape index (κ2) is 6.95. The Labute approximate surface area is 108 Å². The summed E-state index contributed by atoms with van der Waals surface area (Å²) in [7, 11) is -1.71. The summed E-state index contributed by atoms with van der Waals surface area (Å²) in [6.45, 7) is 5.53. The zero-order valence-electron chi connectivity index (χ0n) is 10.2. The van der Waals surface area contributed by atoms with Crippen molar-refractivity contribution in [1.29, 1.82) is 0 Å². The molecule has 1 aromatic rings. The van der Waals surface area contributed by atoms with Crippen molar-refractivity contribution < 1.29 is 8.42 Å². The van der Waals surface area contributed by atoms with Crippen molar-refractivity contribution >= 4 is 22.4 Å². The van der Waals surface area contributed by atoms with Gasteiger partial charge in [-0.25, -0.2) is 13.1 Å². The van der Waals surface area contributed by atoms with E-state index in [1.807, 2.05) is 6.92 Å². The molecule has 0 bridgehead atoms. The van der Waals surface area contributed by atoms with E-state index in [-0.39, 0.29) is 17.3 Å². The predicted octanol–water partition coefficient (Wildman–Crippen LogP) is 0.0381. The number of sulfonamides is 1. The SMILES string of the molecule is CCNCCNS(=O)(=O)c1cnn(C)c1C.Cl. The Balaban J connectivity index is 0.00000256. The van der Waals surface area contributed by atoms with Crippen molar-refractivity contribution in [2.24, 2.45) is 7.05 Å². The Bertz CT molecular complexity index is 444. The van der Waals surface area contributed by atoms with E-state index in [4.69, 9.17) is 0 Å². The Morgan fingerprint density at radius 1 is 1.41 bits per heavy atom. The van der Waals surface area contributed by atoms with Gasteiger partial charge in [-0.15, -0.1) is 12.4 Å². The summed E-state index contributed by atoms with van der Waals surface area (Å²) in [6, 6.07) is 0. The molecule has 1 heterocycles. The Morgan fingerprint density at radius 2 is 2.06 bits per heavy atom. The molecule has 0 aromatic carbocycles. The molecule has 0 unspecified atom stereocenters. The monoisotopic (exact) mass is 282 g/mol. The number of hydrogen-bond donors (Lipinski definition) is 2. The maximum absolute atomic E-state index is 11.8. The van der Waals surface area contributed by atoms with E-state index in [1.54, 1.807) is 18.7 Å². The Kier molecular flexibility index (Phi) is 6.69. The molecule has 0 fully saturated rings. The van der Waals surface area contributed by atoms with Gasteiger partial charge in [-0.3, -0.25) is 4.68 Å². The lowest BCUT2D eigenvalue weighted by Gasteiger charge is -2.06. The van der Waals surface area contributed by atoms with Gasteiger partial charge in [-0.1, -0.05) is 6.92 Å². The maximum Gasteiger partial charge on any atom is 0.244 e. The standard InChI is InChI=1S/C9H18N4O2S.ClH/c1-4-10-5-6-12-16(14,15)9-7-11-13(3)8(9)2;/h7,10,12H,4-6H2,1-3H3;1H. The van der Waals surface area contributed by atoms with E-state index in [9.17, 15) is 8.42 Å². The molecular formula is C9H19ClN4O2S. The fourth-order valence-corrected chi connectivity index (χ4v) is 2.50. The fraction of sp³-hybridized carbons (Fsp3) is 0.667. The first kappa shape index (κ1) is 16.4. The molecule has 8 heteroatoms. The third-order valence-corrected chi connectivity index (χ3v) is 3.89. The molecular weight excluding hydrogens is 264 g/mol. The van der Waals surface area contributed by atoms with Gasteiger partial charge < -0.3 is 5.32 Å². The second-order valence-electron chi connectivity index (χ2n) is 3.47. The summed E-state index contributed by atoms with van der Waals surface area (Å²) in [6.07, 6.45) is 1.37. The van der Waals surface area contributed by atoms with Crippen molar-refractivity contribution in [3.8, 4) is 0 Å². The molecule has 1 aromatic heterocycles. The highest BCUT2D eigenvalue weighted by Gasteiger charge is 2.18. The van der Waals surface area contributed by atoms with Crippen molar-refractivity contribution in [2.45, 2.75) is 18.7 Å². The Hall–Kier alpha value is -0.630. The largest absolute Gasteiger partial charge is 0.316 e. The first-order valence-corrected chi connectivity index (χ1v) is 6.66. The van der Waals surface area contributed by atoms with E-state index >= 15 is 0 Å². The van der Waals surface area contributed by atoms with Crippen LogP contribution in [0.3, 0.4) is 0 Å². The van der Waals surface area contributed by atoms with Gasteiger partial charge in [0.05, 0.1) is 11.9 Å². The summed E-state index contributed by atoms with van der Waals surface area (Å²) < 4.78 is 27.7. The van der Waals surface area contributed by atoms with Gasteiger partial charge in [0.15, 0.2) is 0 Å². The van der Waals surface area contributed by atoms with Crippen LogP contribution in [0.2, 0.25) is 0 Å². The first-order valence-electron chi connectivity index (χ1n) is 5.18. The van der Waals surface area contributed by atoms with Crippen LogP contribution < -0.4 is 10.0 Å². The van der Waals surface area contributed by atoms with Crippen LogP contribution in [0, 0.1) is 6.92 Å². The molecule has 0 saturated carbocycles. The number of aromatic nitrogens is 2. The summed E-state index contributed by atoms with van der Waals surface area (Å²) in [5.74, 6) is 0. The summed E-state index contributed by atoms with van der Waals surface area (Å²) in [5.41, 5.74) is 0.635. The molecule has 0 saturated heterocycles. The van der Waals surface area contributed by atoms with E-state index in [1.165, 1.54) is 6.20 Å².